The molecule has 0 aliphatic rings. The van der Waals surface area contributed by atoms with Crippen LogP contribution in [0.25, 0.3) is 0 Å². The van der Waals surface area contributed by atoms with Gasteiger partial charge in [-0.15, -0.1) is 11.3 Å². The molecule has 0 radical (unpaired) electrons. The van der Waals surface area contributed by atoms with Crippen molar-refractivity contribution in [3.05, 3.63) is 77.5 Å². The lowest BCUT2D eigenvalue weighted by Crippen LogP contribution is -2.21. The highest BCUT2D eigenvalue weighted by molar-refractivity contribution is 7.92. The van der Waals surface area contributed by atoms with E-state index in [0.29, 0.717) is 0 Å². The van der Waals surface area contributed by atoms with Crippen LogP contribution in [0.5, 0.6) is 5.75 Å². The molecule has 0 spiro atoms. The fourth-order valence-electron chi connectivity index (χ4n) is 1.72. The number of hydrogen-bond acceptors (Lipinski definition) is 5. The molecule has 144 valence electrons. The van der Waals surface area contributed by atoms with Gasteiger partial charge in [-0.25, -0.2) is 8.42 Å². The van der Waals surface area contributed by atoms with Gasteiger partial charge >= 0.3 is 5.51 Å². The van der Waals surface area contributed by atoms with Crippen molar-refractivity contribution in [1.82, 2.24) is 0 Å². The summed E-state index contributed by atoms with van der Waals surface area (Å²) in [5.74, 6) is 0.932. The maximum Gasteiger partial charge on any atom is 0.485 e. The van der Waals surface area contributed by atoms with Gasteiger partial charge in [0.1, 0.15) is 0 Å². The second-order valence-electron chi connectivity index (χ2n) is 4.84. The molecule has 0 aliphatic heterocycles. The van der Waals surface area contributed by atoms with Crippen molar-refractivity contribution in [2.75, 3.05) is 0 Å². The number of benzene rings is 2. The van der Waals surface area contributed by atoms with E-state index in [1.165, 1.54) is 9.79 Å². The molecule has 0 saturated carbocycles. The first-order valence-corrected chi connectivity index (χ1v) is 10.8. The highest BCUT2D eigenvalue weighted by Crippen LogP contribution is 2.28. The maximum atomic E-state index is 10.7. The lowest BCUT2D eigenvalue weighted by Gasteiger charge is -2.08. The molecule has 0 atom stereocenters. The average molecular weight is 434 g/mol. The highest BCUT2D eigenvalue weighted by Gasteiger charge is 2.37. The Hall–Kier alpha value is -2.01. The average Bonchev–Trinajstić information content (AvgIpc) is 3.13. The fraction of sp³-hybridized carbons (Fsp3) is 0.0588. The lowest BCUT2D eigenvalue weighted by molar-refractivity contribution is -0.0517. The van der Waals surface area contributed by atoms with E-state index in [1.807, 2.05) is 29.0 Å². The van der Waals surface area contributed by atoms with E-state index < -0.39 is 15.6 Å². The van der Waals surface area contributed by atoms with Crippen LogP contribution in [0.1, 0.15) is 0 Å². The highest BCUT2D eigenvalue weighted by atomic mass is 32.2. The third kappa shape index (κ3) is 6.58. The van der Waals surface area contributed by atoms with E-state index in [1.54, 1.807) is 11.3 Å². The summed E-state index contributed by atoms with van der Waals surface area (Å²) in [4.78, 5) is 2.39. The second kappa shape index (κ2) is 9.27. The molecule has 2 aromatic carbocycles. The lowest BCUT2D eigenvalue weighted by atomic mass is 10.4. The molecule has 4 nitrogen and oxygen atoms in total. The van der Waals surface area contributed by atoms with Crippen LogP contribution < -0.4 is 4.18 Å². The quantitative estimate of drug-likeness (QED) is 0.335. The number of alkyl halides is 3. The molecular formula is C17H13F3O4S3. The van der Waals surface area contributed by atoms with E-state index in [0.717, 1.165) is 5.75 Å². The van der Waals surface area contributed by atoms with Gasteiger partial charge in [0.2, 0.25) is 9.79 Å². The van der Waals surface area contributed by atoms with E-state index in [-0.39, 0.29) is 11.2 Å². The Labute approximate surface area is 161 Å². The molecule has 0 bridgehead atoms. The zero-order chi connectivity index (χ0) is 19.9. The summed E-state index contributed by atoms with van der Waals surface area (Å²) in [5, 5.41) is 4.07. The van der Waals surface area contributed by atoms with Crippen LogP contribution in [0.3, 0.4) is 0 Å². The van der Waals surface area contributed by atoms with Crippen LogP contribution in [0, 0.1) is 0 Å². The summed E-state index contributed by atoms with van der Waals surface area (Å²) in [5.41, 5.74) is -5.65. The molecule has 0 amide bonds. The largest absolute Gasteiger partial charge is 0.741 e. The Morgan fingerprint density at radius 1 is 0.889 bits per heavy atom. The Kier molecular flexibility index (Phi) is 7.31. The van der Waals surface area contributed by atoms with Crippen molar-refractivity contribution in [1.29, 1.82) is 0 Å². The second-order valence-corrected chi connectivity index (χ2v) is 8.64. The van der Waals surface area contributed by atoms with Crippen molar-refractivity contribution in [2.24, 2.45) is 0 Å². The smallest absolute Gasteiger partial charge is 0.485 e. The third-order valence-electron chi connectivity index (χ3n) is 2.87. The van der Waals surface area contributed by atoms with Crippen LogP contribution in [0.2, 0.25) is 0 Å². The fourth-order valence-corrected chi connectivity index (χ4v) is 3.90. The Morgan fingerprint density at radius 2 is 1.33 bits per heavy atom. The standard InChI is InChI=1S/C16H13OS2.CHF3O3S/c1-3-7-15(8-4-1)19(16-9-5-2-6-10-16)17-14-11-12-18-13-14;2-1(3,4)8(5,6)7/h1-13H;(H,5,6,7)/q+1;/p-1. The van der Waals surface area contributed by atoms with Gasteiger partial charge < -0.3 is 4.55 Å². The van der Waals surface area contributed by atoms with Crippen LogP contribution in [-0.4, -0.2) is 18.5 Å². The molecule has 0 unspecified atom stereocenters. The van der Waals surface area contributed by atoms with Gasteiger partial charge in [0.25, 0.3) is 11.2 Å². The SMILES string of the molecule is O=S(=O)([O-])C(F)(F)F.c1ccc([S+](Oc2ccsc2)c2ccccc2)cc1. The summed E-state index contributed by atoms with van der Waals surface area (Å²) >= 11 is 1.28. The van der Waals surface area contributed by atoms with Crippen LogP contribution in [0.15, 0.2) is 87.3 Å². The zero-order valence-corrected chi connectivity index (χ0v) is 15.9. The Morgan fingerprint density at radius 3 is 1.67 bits per heavy atom. The minimum Gasteiger partial charge on any atom is -0.741 e. The predicted octanol–water partition coefficient (Wildman–Crippen LogP) is 4.83. The van der Waals surface area contributed by atoms with Gasteiger partial charge in [0, 0.05) is 5.38 Å². The van der Waals surface area contributed by atoms with E-state index in [2.05, 4.69) is 48.5 Å². The van der Waals surface area contributed by atoms with Gasteiger partial charge in [-0.1, -0.05) is 36.4 Å². The van der Waals surface area contributed by atoms with Gasteiger partial charge in [0.15, 0.2) is 15.9 Å². The number of hydrogen-bond donors (Lipinski definition) is 0. The van der Waals surface area contributed by atoms with Crippen molar-refractivity contribution in [2.45, 2.75) is 15.3 Å². The molecule has 3 aromatic rings. The molecule has 3 rings (SSSR count). The summed E-state index contributed by atoms with van der Waals surface area (Å²) < 4.78 is 65.1. The van der Waals surface area contributed by atoms with Gasteiger partial charge in [0.05, 0.1) is 0 Å². The van der Waals surface area contributed by atoms with Crippen molar-refractivity contribution < 1.29 is 30.3 Å². The zero-order valence-electron chi connectivity index (χ0n) is 13.5. The number of thiophene rings is 1. The maximum absolute atomic E-state index is 10.7. The summed E-state index contributed by atoms with van der Waals surface area (Å²) in [6.07, 6.45) is 0. The molecular weight excluding hydrogens is 421 g/mol. The number of halogens is 3. The topological polar surface area (TPSA) is 66.4 Å². The Balaban J connectivity index is 0.000000279. The van der Waals surface area contributed by atoms with Crippen molar-refractivity contribution >= 4 is 32.6 Å². The molecule has 0 fully saturated rings. The van der Waals surface area contributed by atoms with Gasteiger partial charge in [-0.3, -0.25) is 4.18 Å². The van der Waals surface area contributed by atoms with Crippen LogP contribution >= 0.6 is 11.3 Å². The molecule has 0 aliphatic carbocycles. The summed E-state index contributed by atoms with van der Waals surface area (Å²) in [6, 6.07) is 22.7. The van der Waals surface area contributed by atoms with E-state index in [9.17, 15) is 13.2 Å². The van der Waals surface area contributed by atoms with E-state index >= 15 is 0 Å². The van der Waals surface area contributed by atoms with Crippen LogP contribution in [0.4, 0.5) is 13.2 Å². The molecule has 27 heavy (non-hydrogen) atoms. The van der Waals surface area contributed by atoms with E-state index in [4.69, 9.17) is 17.2 Å². The van der Waals surface area contributed by atoms with Crippen molar-refractivity contribution in [3.8, 4) is 5.75 Å². The molecule has 0 saturated heterocycles. The summed E-state index contributed by atoms with van der Waals surface area (Å²) in [6.45, 7) is 0. The summed E-state index contributed by atoms with van der Waals surface area (Å²) in [7, 11) is -6.09. The van der Waals surface area contributed by atoms with Crippen molar-refractivity contribution in [3.63, 3.8) is 0 Å². The minimum absolute atomic E-state index is 0.374. The molecule has 0 N–H and O–H groups in total. The third-order valence-corrected chi connectivity index (χ3v) is 5.86. The normalized spacial score (nSPS) is 11.6. The first-order chi connectivity index (χ1) is 12.7. The van der Waals surface area contributed by atoms with Gasteiger partial charge in [-0.05, 0) is 35.7 Å². The first kappa shape index (κ1) is 21.3. The minimum atomic E-state index is -6.09. The molecule has 1 aromatic heterocycles. The molecule has 10 heteroatoms. The number of rotatable bonds is 4. The monoisotopic (exact) mass is 434 g/mol. The van der Waals surface area contributed by atoms with Crippen LogP contribution in [-0.2, 0) is 21.3 Å². The van der Waals surface area contributed by atoms with Gasteiger partial charge in [-0.2, -0.15) is 13.2 Å². The predicted molar refractivity (Wildman–Crippen MR) is 97.5 cm³/mol. The molecule has 1 heterocycles. The Bertz CT molecular complexity index is 874. The first-order valence-electron chi connectivity index (χ1n) is 7.25.